The summed E-state index contributed by atoms with van der Waals surface area (Å²) >= 11 is 12.6. The monoisotopic (exact) mass is 474 g/mol. The lowest BCUT2D eigenvalue weighted by Crippen LogP contribution is -2.43. The Kier molecular flexibility index (Phi) is 7.69. The molecule has 1 aromatic heterocycles. The molecule has 0 bridgehead atoms. The number of benzene rings is 2. The minimum Gasteiger partial charge on any atom is -0.508 e. The highest BCUT2D eigenvalue weighted by Crippen LogP contribution is 2.28. The van der Waals surface area contributed by atoms with Crippen LogP contribution in [0.4, 0.5) is 0 Å². The fourth-order valence-electron chi connectivity index (χ4n) is 3.07. The smallest absolute Gasteiger partial charge is 0.358 e. The van der Waals surface area contributed by atoms with Gasteiger partial charge in [-0.05, 0) is 48.9 Å². The average molecular weight is 475 g/mol. The van der Waals surface area contributed by atoms with Gasteiger partial charge in [0.15, 0.2) is 0 Å². The summed E-state index contributed by atoms with van der Waals surface area (Å²) in [6, 6.07) is 12.9. The number of rotatable bonds is 8. The van der Waals surface area contributed by atoms with Crippen molar-refractivity contribution in [2.24, 2.45) is 0 Å². The lowest BCUT2D eigenvalue weighted by molar-refractivity contribution is -0.175. The van der Waals surface area contributed by atoms with E-state index >= 15 is 0 Å². The van der Waals surface area contributed by atoms with Crippen molar-refractivity contribution in [2.45, 2.75) is 25.9 Å². The van der Waals surface area contributed by atoms with Crippen molar-refractivity contribution in [3.8, 4) is 5.75 Å². The van der Waals surface area contributed by atoms with Crippen LogP contribution in [0.3, 0.4) is 0 Å². The summed E-state index contributed by atoms with van der Waals surface area (Å²) in [4.78, 5) is 34.7. The summed E-state index contributed by atoms with van der Waals surface area (Å²) < 4.78 is 0. The number of carbonyl (C=O) groups excluding carboxylic acids is 1. The van der Waals surface area contributed by atoms with E-state index in [0.717, 1.165) is 5.06 Å². The minimum atomic E-state index is -1.26. The molecule has 0 aliphatic carbocycles. The molecule has 0 unspecified atom stereocenters. The second kappa shape index (κ2) is 10.5. The number of hydroxylamine groups is 2. The van der Waals surface area contributed by atoms with E-state index in [9.17, 15) is 19.8 Å². The second-order valence-corrected chi connectivity index (χ2v) is 7.83. The Morgan fingerprint density at radius 3 is 2.31 bits per heavy atom. The number of aryl methyl sites for hydroxylation is 1. The molecule has 1 heterocycles. The maximum absolute atomic E-state index is 12.9. The van der Waals surface area contributed by atoms with E-state index in [1.165, 1.54) is 18.3 Å². The van der Waals surface area contributed by atoms with Gasteiger partial charge in [-0.1, -0.05) is 41.4 Å². The standard InChI is InChI=1S/C23H20Cl2N2O5/c1-14-17(4-3-11-26-14)23(31)32-27(13-18-19(24)5-2-6-20(18)25)21(22(29)30)12-15-7-9-16(28)10-8-15/h2-11,21,28H,12-13H2,1H3,(H,29,30)/t21-/m0/s1. The maximum atomic E-state index is 12.9. The number of nitrogens with zero attached hydrogens (tertiary/aromatic N) is 2. The van der Waals surface area contributed by atoms with E-state index in [1.807, 2.05) is 0 Å². The fraction of sp³-hybridized carbons (Fsp3) is 0.174. The zero-order chi connectivity index (χ0) is 23.3. The zero-order valence-corrected chi connectivity index (χ0v) is 18.5. The number of hydrogen-bond donors (Lipinski definition) is 2. The molecule has 1 atom stereocenters. The molecule has 32 heavy (non-hydrogen) atoms. The highest BCUT2D eigenvalue weighted by Gasteiger charge is 2.31. The van der Waals surface area contributed by atoms with Crippen LogP contribution in [0.15, 0.2) is 60.8 Å². The lowest BCUT2D eigenvalue weighted by Gasteiger charge is -2.28. The second-order valence-electron chi connectivity index (χ2n) is 7.02. The summed E-state index contributed by atoms with van der Waals surface area (Å²) in [5, 5.41) is 21.1. The molecular weight excluding hydrogens is 455 g/mol. The lowest BCUT2D eigenvalue weighted by atomic mass is 10.0. The molecule has 0 radical (unpaired) electrons. The van der Waals surface area contributed by atoms with Crippen LogP contribution < -0.4 is 0 Å². The summed E-state index contributed by atoms with van der Waals surface area (Å²) in [5.74, 6) is -1.91. The molecule has 0 fully saturated rings. The number of aromatic nitrogens is 1. The third kappa shape index (κ3) is 5.76. The molecule has 3 rings (SSSR count). The summed E-state index contributed by atoms with van der Waals surface area (Å²) in [5.41, 5.74) is 1.69. The highest BCUT2D eigenvalue weighted by molar-refractivity contribution is 6.35. The number of halogens is 2. The largest absolute Gasteiger partial charge is 0.508 e. The number of carboxylic acid groups (broad SMARTS) is 1. The van der Waals surface area contributed by atoms with Crippen LogP contribution in [-0.4, -0.2) is 38.2 Å². The molecule has 0 saturated heterocycles. The normalized spacial score (nSPS) is 11.9. The van der Waals surface area contributed by atoms with Crippen molar-refractivity contribution in [3.63, 3.8) is 0 Å². The summed E-state index contributed by atoms with van der Waals surface area (Å²) in [6.45, 7) is 1.50. The van der Waals surface area contributed by atoms with Crippen LogP contribution in [0.5, 0.6) is 5.75 Å². The van der Waals surface area contributed by atoms with Crippen LogP contribution in [0.1, 0.15) is 27.2 Å². The van der Waals surface area contributed by atoms with Crippen molar-refractivity contribution in [1.29, 1.82) is 0 Å². The van der Waals surface area contributed by atoms with Gasteiger partial charge < -0.3 is 15.1 Å². The first kappa shape index (κ1) is 23.5. The van der Waals surface area contributed by atoms with E-state index in [-0.39, 0.29) is 24.3 Å². The van der Waals surface area contributed by atoms with E-state index in [2.05, 4.69) is 4.98 Å². The van der Waals surface area contributed by atoms with Crippen molar-refractivity contribution >= 4 is 35.1 Å². The van der Waals surface area contributed by atoms with Crippen LogP contribution in [-0.2, 0) is 22.6 Å². The highest BCUT2D eigenvalue weighted by atomic mass is 35.5. The number of hydrogen-bond acceptors (Lipinski definition) is 6. The predicted octanol–water partition coefficient (Wildman–Crippen LogP) is 4.67. The first-order chi connectivity index (χ1) is 15.3. The number of aromatic hydroxyl groups is 1. The molecule has 0 saturated carbocycles. The van der Waals surface area contributed by atoms with Gasteiger partial charge in [-0.15, -0.1) is 5.06 Å². The quantitative estimate of drug-likeness (QED) is 0.457. The van der Waals surface area contributed by atoms with Gasteiger partial charge in [0.2, 0.25) is 0 Å². The van der Waals surface area contributed by atoms with Crippen LogP contribution in [0.25, 0.3) is 0 Å². The van der Waals surface area contributed by atoms with Crippen LogP contribution in [0.2, 0.25) is 10.0 Å². The molecular formula is C23H20Cl2N2O5. The Bertz CT molecular complexity index is 1100. The predicted molar refractivity (Wildman–Crippen MR) is 120 cm³/mol. The van der Waals surface area contributed by atoms with Gasteiger partial charge in [-0.25, -0.2) is 4.79 Å². The van der Waals surface area contributed by atoms with Crippen molar-refractivity contribution in [1.82, 2.24) is 10.0 Å². The van der Waals surface area contributed by atoms with E-state index in [1.54, 1.807) is 49.4 Å². The van der Waals surface area contributed by atoms with Gasteiger partial charge in [-0.3, -0.25) is 9.78 Å². The summed E-state index contributed by atoms with van der Waals surface area (Å²) in [6.07, 6.45) is 1.54. The Morgan fingerprint density at radius 1 is 1.06 bits per heavy atom. The van der Waals surface area contributed by atoms with Gasteiger partial charge in [0.25, 0.3) is 0 Å². The van der Waals surface area contributed by atoms with Crippen LogP contribution >= 0.6 is 23.2 Å². The van der Waals surface area contributed by atoms with E-state index in [0.29, 0.717) is 26.9 Å². The molecule has 3 aromatic rings. The SMILES string of the molecule is Cc1ncccc1C(=O)ON(Cc1c(Cl)cccc1Cl)[C@@H](Cc1ccc(O)cc1)C(=O)O. The van der Waals surface area contributed by atoms with Crippen molar-refractivity contribution < 1.29 is 24.6 Å². The van der Waals surface area contributed by atoms with Gasteiger partial charge in [-0.2, -0.15) is 0 Å². The van der Waals surface area contributed by atoms with Crippen LogP contribution in [0, 0.1) is 6.92 Å². The van der Waals surface area contributed by atoms with Crippen molar-refractivity contribution in [3.05, 3.63) is 93.2 Å². The van der Waals surface area contributed by atoms with Gasteiger partial charge >= 0.3 is 11.9 Å². The van der Waals surface area contributed by atoms with Gasteiger partial charge in [0, 0.05) is 28.2 Å². The third-order valence-corrected chi connectivity index (χ3v) is 5.51. The molecule has 2 aromatic carbocycles. The summed E-state index contributed by atoms with van der Waals surface area (Å²) in [7, 11) is 0. The van der Waals surface area contributed by atoms with E-state index < -0.39 is 18.0 Å². The van der Waals surface area contributed by atoms with Gasteiger partial charge in [0.1, 0.15) is 11.8 Å². The molecule has 166 valence electrons. The Hall–Kier alpha value is -3.13. The Labute approximate surface area is 194 Å². The molecule has 9 heteroatoms. The topological polar surface area (TPSA) is 100.0 Å². The molecule has 7 nitrogen and oxygen atoms in total. The number of aliphatic carboxylic acids is 1. The molecule has 0 aliphatic heterocycles. The minimum absolute atomic E-state index is 0.00299. The zero-order valence-electron chi connectivity index (χ0n) is 17.0. The molecule has 0 aliphatic rings. The first-order valence-electron chi connectivity index (χ1n) is 9.60. The number of pyridine rings is 1. The van der Waals surface area contributed by atoms with E-state index in [4.69, 9.17) is 28.0 Å². The number of carbonyl (C=O) groups is 2. The van der Waals surface area contributed by atoms with Gasteiger partial charge in [0.05, 0.1) is 17.8 Å². The number of phenols is 1. The molecule has 2 N–H and O–H groups in total. The fourth-order valence-corrected chi connectivity index (χ4v) is 3.59. The third-order valence-electron chi connectivity index (χ3n) is 4.80. The van der Waals surface area contributed by atoms with Crippen molar-refractivity contribution in [2.75, 3.05) is 0 Å². The number of phenolic OH excluding ortho intramolecular Hbond substituents is 1. The maximum Gasteiger partial charge on any atom is 0.358 e. The average Bonchev–Trinajstić information content (AvgIpc) is 2.75. The molecule has 0 amide bonds. The number of carboxylic acids is 1. The Morgan fingerprint density at radius 2 is 1.72 bits per heavy atom. The first-order valence-corrected chi connectivity index (χ1v) is 10.4. The molecule has 0 spiro atoms. The Balaban J connectivity index is 1.96.